The van der Waals surface area contributed by atoms with Crippen LogP contribution in [-0.2, 0) is 6.42 Å². The lowest BCUT2D eigenvalue weighted by molar-refractivity contribution is 1.000. The van der Waals surface area contributed by atoms with Crippen LogP contribution >= 0.6 is 0 Å². The summed E-state index contributed by atoms with van der Waals surface area (Å²) in [6.07, 6.45) is 2.30. The van der Waals surface area contributed by atoms with E-state index in [1.54, 1.807) is 11.1 Å². The third kappa shape index (κ3) is 2.75. The summed E-state index contributed by atoms with van der Waals surface area (Å²) >= 11 is 0. The Balaban J connectivity index is 1.40. The second kappa shape index (κ2) is 6.71. The molecule has 2 aliphatic rings. The highest BCUT2D eigenvalue weighted by Crippen LogP contribution is 2.62. The summed E-state index contributed by atoms with van der Waals surface area (Å²) in [7, 11) is 0. The molecule has 6 rings (SSSR count). The van der Waals surface area contributed by atoms with Gasteiger partial charge in [0.25, 0.3) is 0 Å². The van der Waals surface area contributed by atoms with Crippen LogP contribution in [0.2, 0.25) is 0 Å². The van der Waals surface area contributed by atoms with Crippen LogP contribution in [0.3, 0.4) is 0 Å². The molecule has 30 heavy (non-hydrogen) atoms. The van der Waals surface area contributed by atoms with Crippen molar-refractivity contribution in [2.24, 2.45) is 0 Å². The van der Waals surface area contributed by atoms with Gasteiger partial charge < -0.3 is 0 Å². The quantitative estimate of drug-likeness (QED) is 0.337. The first-order valence-corrected chi connectivity index (χ1v) is 11.1. The SMILES string of the molecule is Cc1ccccc1-c1cccc(Cc2ccc3c(c2)-c2ccccc2C2CC32)c1C. The van der Waals surface area contributed by atoms with Crippen LogP contribution in [0, 0.1) is 13.8 Å². The topological polar surface area (TPSA) is 0 Å². The molecule has 0 spiro atoms. The van der Waals surface area contributed by atoms with Gasteiger partial charge in [0.2, 0.25) is 0 Å². The van der Waals surface area contributed by atoms with Gasteiger partial charge in [0.15, 0.2) is 0 Å². The third-order valence-corrected chi connectivity index (χ3v) is 7.23. The van der Waals surface area contributed by atoms with E-state index < -0.39 is 0 Å². The number of hydrogen-bond donors (Lipinski definition) is 0. The minimum atomic E-state index is 0.745. The standard InChI is InChI=1S/C30H26/c1-19-8-3-4-10-23(19)24-13-7-9-22(20(24)2)16-21-14-15-27-28(17-21)25-11-5-6-12-26(25)29-18-30(27)29/h3-15,17,29-30H,16,18H2,1-2H3. The average molecular weight is 387 g/mol. The first-order valence-electron chi connectivity index (χ1n) is 11.1. The Hall–Kier alpha value is -3.12. The molecule has 0 bridgehead atoms. The molecule has 2 unspecified atom stereocenters. The molecule has 146 valence electrons. The Morgan fingerprint density at radius 2 is 1.33 bits per heavy atom. The van der Waals surface area contributed by atoms with Crippen molar-refractivity contribution in [3.63, 3.8) is 0 Å². The van der Waals surface area contributed by atoms with E-state index in [-0.39, 0.29) is 0 Å². The molecule has 1 fully saturated rings. The van der Waals surface area contributed by atoms with E-state index in [4.69, 9.17) is 0 Å². The monoisotopic (exact) mass is 386 g/mol. The Kier molecular flexibility index (Phi) is 3.96. The molecule has 0 radical (unpaired) electrons. The molecule has 0 aliphatic heterocycles. The van der Waals surface area contributed by atoms with Crippen LogP contribution in [0.5, 0.6) is 0 Å². The van der Waals surface area contributed by atoms with Crippen LogP contribution in [0.15, 0.2) is 84.9 Å². The molecule has 4 aromatic rings. The van der Waals surface area contributed by atoms with Crippen LogP contribution in [0.25, 0.3) is 22.3 Å². The van der Waals surface area contributed by atoms with Gasteiger partial charge in [-0.05, 0) is 94.2 Å². The van der Waals surface area contributed by atoms with Crippen molar-refractivity contribution in [1.29, 1.82) is 0 Å². The lowest BCUT2D eigenvalue weighted by Crippen LogP contribution is -2.01. The second-order valence-corrected chi connectivity index (χ2v) is 9.04. The van der Waals surface area contributed by atoms with Gasteiger partial charge in [0.1, 0.15) is 0 Å². The Morgan fingerprint density at radius 3 is 2.17 bits per heavy atom. The maximum Gasteiger partial charge on any atom is -0.00227 e. The van der Waals surface area contributed by atoms with Crippen LogP contribution < -0.4 is 0 Å². The predicted octanol–water partition coefficient (Wildman–Crippen LogP) is 7.81. The maximum absolute atomic E-state index is 2.46. The van der Waals surface area contributed by atoms with E-state index in [0.717, 1.165) is 18.3 Å². The summed E-state index contributed by atoms with van der Waals surface area (Å²) < 4.78 is 0. The number of benzene rings is 4. The molecular formula is C30H26. The first-order chi connectivity index (χ1) is 14.7. The fourth-order valence-corrected chi connectivity index (χ4v) is 5.48. The zero-order chi connectivity index (χ0) is 20.2. The molecule has 4 aromatic carbocycles. The van der Waals surface area contributed by atoms with Gasteiger partial charge in [0, 0.05) is 0 Å². The second-order valence-electron chi connectivity index (χ2n) is 9.04. The first kappa shape index (κ1) is 17.7. The van der Waals surface area contributed by atoms with Gasteiger partial charge in [0.05, 0.1) is 0 Å². The number of aryl methyl sites for hydroxylation is 1. The normalized spacial score (nSPS) is 18.3. The van der Waals surface area contributed by atoms with Crippen molar-refractivity contribution in [1.82, 2.24) is 0 Å². The smallest absolute Gasteiger partial charge is 0.00227 e. The van der Waals surface area contributed by atoms with E-state index in [0.29, 0.717) is 0 Å². The summed E-state index contributed by atoms with van der Waals surface area (Å²) in [5, 5.41) is 0. The van der Waals surface area contributed by atoms with Crippen molar-refractivity contribution in [3.05, 3.63) is 118 Å². The highest BCUT2D eigenvalue weighted by atomic mass is 14.5. The van der Waals surface area contributed by atoms with E-state index >= 15 is 0 Å². The highest BCUT2D eigenvalue weighted by Gasteiger charge is 2.45. The zero-order valence-corrected chi connectivity index (χ0v) is 17.7. The largest absolute Gasteiger partial charge is 0.0620 e. The minimum Gasteiger partial charge on any atom is -0.0620 e. The summed E-state index contributed by atoms with van der Waals surface area (Å²) in [5.74, 6) is 1.50. The molecule has 2 atom stereocenters. The van der Waals surface area contributed by atoms with Gasteiger partial charge >= 0.3 is 0 Å². The zero-order valence-electron chi connectivity index (χ0n) is 17.7. The van der Waals surface area contributed by atoms with Gasteiger partial charge in [-0.25, -0.2) is 0 Å². The molecule has 0 heteroatoms. The van der Waals surface area contributed by atoms with E-state index in [1.807, 2.05) is 0 Å². The van der Waals surface area contributed by atoms with Crippen LogP contribution in [0.4, 0.5) is 0 Å². The summed E-state index contributed by atoms with van der Waals surface area (Å²) in [6.45, 7) is 4.48. The summed E-state index contributed by atoms with van der Waals surface area (Å²) in [5.41, 5.74) is 14.3. The van der Waals surface area contributed by atoms with E-state index in [9.17, 15) is 0 Å². The highest BCUT2D eigenvalue weighted by molar-refractivity contribution is 5.78. The maximum atomic E-state index is 2.46. The summed E-state index contributed by atoms with van der Waals surface area (Å²) in [4.78, 5) is 0. The van der Waals surface area contributed by atoms with Crippen molar-refractivity contribution in [3.8, 4) is 22.3 Å². The minimum absolute atomic E-state index is 0.745. The van der Waals surface area contributed by atoms with Crippen molar-refractivity contribution < 1.29 is 0 Å². The Morgan fingerprint density at radius 1 is 0.633 bits per heavy atom. The lowest BCUT2D eigenvalue weighted by Gasteiger charge is -2.20. The number of hydrogen-bond acceptors (Lipinski definition) is 0. The van der Waals surface area contributed by atoms with Gasteiger partial charge in [-0.1, -0.05) is 84.9 Å². The molecule has 1 saturated carbocycles. The van der Waals surface area contributed by atoms with Crippen molar-refractivity contribution in [2.45, 2.75) is 38.5 Å². The third-order valence-electron chi connectivity index (χ3n) is 7.23. The molecule has 0 amide bonds. The van der Waals surface area contributed by atoms with Crippen LogP contribution in [-0.4, -0.2) is 0 Å². The lowest BCUT2D eigenvalue weighted by atomic mass is 9.84. The molecule has 0 N–H and O–H groups in total. The average Bonchev–Trinajstić information content (AvgIpc) is 3.57. The van der Waals surface area contributed by atoms with Crippen LogP contribution in [0.1, 0.15) is 51.6 Å². The Labute approximate surface area is 179 Å². The molecule has 0 nitrogen and oxygen atoms in total. The molecular weight excluding hydrogens is 360 g/mol. The van der Waals surface area contributed by atoms with Crippen molar-refractivity contribution >= 4 is 0 Å². The van der Waals surface area contributed by atoms with E-state index in [1.165, 1.54) is 50.9 Å². The fourth-order valence-electron chi connectivity index (χ4n) is 5.48. The van der Waals surface area contributed by atoms with E-state index in [2.05, 4.69) is 98.8 Å². The van der Waals surface area contributed by atoms with Gasteiger partial charge in [-0.2, -0.15) is 0 Å². The van der Waals surface area contributed by atoms with Gasteiger partial charge in [-0.15, -0.1) is 0 Å². The molecule has 0 aromatic heterocycles. The van der Waals surface area contributed by atoms with Gasteiger partial charge in [-0.3, -0.25) is 0 Å². The predicted molar refractivity (Wildman–Crippen MR) is 126 cm³/mol. The fraction of sp³-hybridized carbons (Fsp3) is 0.200. The van der Waals surface area contributed by atoms with Crippen molar-refractivity contribution in [2.75, 3.05) is 0 Å². The number of rotatable bonds is 3. The Bertz CT molecular complexity index is 1280. The molecule has 0 heterocycles. The summed E-state index contributed by atoms with van der Waals surface area (Å²) in [6, 6.07) is 31.7. The molecule has 2 aliphatic carbocycles. The molecule has 0 saturated heterocycles. The number of fused-ring (bicyclic) bond motifs is 6.